The van der Waals surface area contributed by atoms with Crippen LogP contribution in [0, 0.1) is 3.57 Å². The van der Waals surface area contributed by atoms with Gasteiger partial charge in [0.2, 0.25) is 0 Å². The molecule has 0 aliphatic heterocycles. The molecule has 33 heavy (non-hydrogen) atoms. The van der Waals surface area contributed by atoms with Crippen LogP contribution in [0.2, 0.25) is 0 Å². The summed E-state index contributed by atoms with van der Waals surface area (Å²) in [4.78, 5) is 0. The van der Waals surface area contributed by atoms with Crippen LogP contribution in [-0.2, 0) is 16.5 Å². The lowest BCUT2D eigenvalue weighted by Crippen LogP contribution is -2.21. The minimum absolute atomic E-state index is 1.21. The van der Waals surface area contributed by atoms with Crippen molar-refractivity contribution < 1.29 is 26.1 Å². The number of benzene rings is 2. The van der Waals surface area contributed by atoms with Crippen molar-refractivity contribution >= 4 is 32.7 Å². The van der Waals surface area contributed by atoms with Crippen molar-refractivity contribution in [2.45, 2.75) is 83.1 Å². The monoisotopic (exact) mass is 598 g/mol. The van der Waals surface area contributed by atoms with E-state index >= 15 is 0 Å². The third-order valence-electron chi connectivity index (χ3n) is 5.25. The standard InChI is InChI=1S/C24H33I.CHF3O3S/c1-2-3-4-5-6-7-8-9-10-12-16-22-19-15-20-23(25)24(22)21-17-13-11-14-18-21;2-1(3,4)8(5,6)7/h11,13-15,17-20H,2-10,12,16H2,1H3;(H,5,6,7). The summed E-state index contributed by atoms with van der Waals surface area (Å²) in [5, 5.41) is 0. The molecule has 2 aromatic rings. The Morgan fingerprint density at radius 1 is 0.788 bits per heavy atom. The van der Waals surface area contributed by atoms with Crippen LogP contribution in [0.1, 0.15) is 76.7 Å². The van der Waals surface area contributed by atoms with E-state index < -0.39 is 15.6 Å². The van der Waals surface area contributed by atoms with Crippen LogP contribution >= 0.6 is 22.6 Å². The molecule has 0 heterocycles. The molecule has 0 radical (unpaired) electrons. The lowest BCUT2D eigenvalue weighted by Gasteiger charge is -2.12. The fraction of sp³-hybridized carbons (Fsp3) is 0.520. The van der Waals surface area contributed by atoms with E-state index in [4.69, 9.17) is 13.0 Å². The Labute approximate surface area is 210 Å². The molecule has 8 heteroatoms. The molecule has 0 saturated carbocycles. The van der Waals surface area contributed by atoms with Gasteiger partial charge in [-0.3, -0.25) is 4.55 Å². The molecule has 0 aromatic heterocycles. The molecule has 0 bridgehead atoms. The number of aryl methyl sites for hydroxylation is 1. The van der Waals surface area contributed by atoms with Gasteiger partial charge in [-0.05, 0) is 58.2 Å². The number of alkyl halides is 3. The Kier molecular flexibility index (Phi) is 14.2. The van der Waals surface area contributed by atoms with Crippen molar-refractivity contribution in [2.75, 3.05) is 0 Å². The number of hydrogen-bond acceptors (Lipinski definition) is 2. The highest BCUT2D eigenvalue weighted by atomic mass is 127. The molecule has 0 aliphatic rings. The van der Waals surface area contributed by atoms with Crippen molar-refractivity contribution in [3.05, 3.63) is 57.7 Å². The van der Waals surface area contributed by atoms with Gasteiger partial charge >= 0.3 is 15.6 Å². The molecule has 0 spiro atoms. The Balaban J connectivity index is 0.000000582. The predicted octanol–water partition coefficient (Wildman–Crippen LogP) is 8.82. The highest BCUT2D eigenvalue weighted by molar-refractivity contribution is 14.1. The molecule has 2 rings (SSSR count). The summed E-state index contributed by atoms with van der Waals surface area (Å²) in [6, 6.07) is 17.6. The van der Waals surface area contributed by atoms with Gasteiger partial charge < -0.3 is 0 Å². The second-order valence-corrected chi connectivity index (χ2v) is 10.6. The number of hydrogen-bond donors (Lipinski definition) is 1. The van der Waals surface area contributed by atoms with E-state index in [1.807, 2.05) is 0 Å². The van der Waals surface area contributed by atoms with E-state index in [0.29, 0.717) is 0 Å². The van der Waals surface area contributed by atoms with Gasteiger partial charge in [-0.2, -0.15) is 21.6 Å². The van der Waals surface area contributed by atoms with Crippen molar-refractivity contribution in [3.63, 3.8) is 0 Å². The maximum absolute atomic E-state index is 10.7. The Morgan fingerprint density at radius 3 is 1.76 bits per heavy atom. The molecule has 0 unspecified atom stereocenters. The molecular weight excluding hydrogens is 564 g/mol. The first-order chi connectivity index (χ1) is 15.6. The number of unbranched alkanes of at least 4 members (excludes halogenated alkanes) is 9. The molecule has 0 aliphatic carbocycles. The zero-order valence-corrected chi connectivity index (χ0v) is 22.1. The summed E-state index contributed by atoms with van der Waals surface area (Å²) in [5.74, 6) is 0. The van der Waals surface area contributed by atoms with Crippen LogP contribution < -0.4 is 0 Å². The molecular formula is C25H34F3IO3S. The zero-order chi connectivity index (χ0) is 24.7. The van der Waals surface area contributed by atoms with E-state index in [0.717, 1.165) is 0 Å². The second-order valence-electron chi connectivity index (χ2n) is 7.99. The van der Waals surface area contributed by atoms with Gasteiger partial charge in [0.05, 0.1) is 0 Å². The minimum Gasteiger partial charge on any atom is -0.279 e. The van der Waals surface area contributed by atoms with Gasteiger partial charge in [0.15, 0.2) is 0 Å². The van der Waals surface area contributed by atoms with Crippen LogP contribution in [0.3, 0.4) is 0 Å². The van der Waals surface area contributed by atoms with E-state index in [9.17, 15) is 13.2 Å². The van der Waals surface area contributed by atoms with E-state index in [2.05, 4.69) is 78.0 Å². The molecule has 3 nitrogen and oxygen atoms in total. The first-order valence-corrected chi connectivity index (χ1v) is 14.0. The molecule has 2 aromatic carbocycles. The quantitative estimate of drug-likeness (QED) is 0.115. The van der Waals surface area contributed by atoms with Gasteiger partial charge in [-0.1, -0.05) is 107 Å². The third kappa shape index (κ3) is 12.2. The SMILES string of the molecule is CCCCCCCCCCCCc1cccc(I)c1-c1ccccc1.O=S(=O)(O)C(F)(F)F. The van der Waals surface area contributed by atoms with Crippen LogP contribution in [-0.4, -0.2) is 18.5 Å². The van der Waals surface area contributed by atoms with Crippen LogP contribution in [0.5, 0.6) is 0 Å². The average molecular weight is 599 g/mol. The molecule has 1 N–H and O–H groups in total. The highest BCUT2D eigenvalue weighted by Crippen LogP contribution is 2.30. The summed E-state index contributed by atoms with van der Waals surface area (Å²) >= 11 is 2.48. The van der Waals surface area contributed by atoms with Gasteiger partial charge in [0.25, 0.3) is 0 Å². The normalized spacial score (nSPS) is 11.7. The predicted molar refractivity (Wildman–Crippen MR) is 138 cm³/mol. The molecule has 0 amide bonds. The molecule has 0 atom stereocenters. The first kappa shape index (κ1) is 29.9. The summed E-state index contributed by atoms with van der Waals surface area (Å²) in [7, 11) is -5.84. The fourth-order valence-corrected chi connectivity index (χ4v) is 4.37. The largest absolute Gasteiger partial charge is 0.522 e. The van der Waals surface area contributed by atoms with Gasteiger partial charge in [0, 0.05) is 3.57 Å². The summed E-state index contributed by atoms with van der Waals surface area (Å²) in [6.45, 7) is 2.29. The zero-order valence-electron chi connectivity index (χ0n) is 19.1. The molecule has 0 saturated heterocycles. The van der Waals surface area contributed by atoms with E-state index in [1.54, 1.807) is 0 Å². The summed E-state index contributed by atoms with van der Waals surface area (Å²) < 4.78 is 58.9. The smallest absolute Gasteiger partial charge is 0.279 e. The highest BCUT2D eigenvalue weighted by Gasteiger charge is 2.44. The lowest BCUT2D eigenvalue weighted by atomic mass is 9.95. The van der Waals surface area contributed by atoms with Crippen LogP contribution in [0.4, 0.5) is 13.2 Å². The molecule has 186 valence electrons. The second kappa shape index (κ2) is 15.7. The minimum atomic E-state index is -5.84. The Bertz CT molecular complexity index is 901. The first-order valence-electron chi connectivity index (χ1n) is 11.4. The maximum Gasteiger partial charge on any atom is 0.522 e. The molecule has 0 fully saturated rings. The summed E-state index contributed by atoms with van der Waals surface area (Å²) in [5.41, 5.74) is -1.22. The lowest BCUT2D eigenvalue weighted by molar-refractivity contribution is -0.0510. The number of rotatable bonds is 12. The van der Waals surface area contributed by atoms with Crippen molar-refractivity contribution in [2.24, 2.45) is 0 Å². The topological polar surface area (TPSA) is 54.4 Å². The average Bonchev–Trinajstić information content (AvgIpc) is 2.75. The van der Waals surface area contributed by atoms with Gasteiger partial charge in [-0.15, -0.1) is 0 Å². The number of halogens is 4. The Morgan fingerprint density at radius 2 is 1.27 bits per heavy atom. The fourth-order valence-electron chi connectivity index (χ4n) is 3.51. The van der Waals surface area contributed by atoms with Crippen LogP contribution in [0.25, 0.3) is 11.1 Å². The third-order valence-corrected chi connectivity index (χ3v) is 6.74. The maximum atomic E-state index is 10.7. The van der Waals surface area contributed by atoms with E-state index in [-0.39, 0.29) is 0 Å². The van der Waals surface area contributed by atoms with Crippen molar-refractivity contribution in [1.82, 2.24) is 0 Å². The Hall–Kier alpha value is -1.13. The van der Waals surface area contributed by atoms with Crippen molar-refractivity contribution in [1.29, 1.82) is 0 Å². The van der Waals surface area contributed by atoms with Crippen molar-refractivity contribution in [3.8, 4) is 11.1 Å². The van der Waals surface area contributed by atoms with E-state index in [1.165, 1.54) is 90.9 Å². The van der Waals surface area contributed by atoms with Gasteiger partial charge in [-0.25, -0.2) is 0 Å². The summed E-state index contributed by atoms with van der Waals surface area (Å²) in [6.07, 6.45) is 15.2. The van der Waals surface area contributed by atoms with Crippen LogP contribution in [0.15, 0.2) is 48.5 Å². The van der Waals surface area contributed by atoms with Gasteiger partial charge in [0.1, 0.15) is 0 Å².